The molecule has 90 valence electrons. The third-order valence-corrected chi connectivity index (χ3v) is 2.44. The van der Waals surface area contributed by atoms with Gasteiger partial charge in [0.2, 0.25) is 0 Å². The van der Waals surface area contributed by atoms with Crippen LogP contribution in [0.15, 0.2) is 18.2 Å². The Kier molecular flexibility index (Phi) is 3.06. The summed E-state index contributed by atoms with van der Waals surface area (Å²) in [7, 11) is 0. The quantitative estimate of drug-likeness (QED) is 0.342. The lowest BCUT2D eigenvalue weighted by Gasteiger charge is -2.05. The van der Waals surface area contributed by atoms with Gasteiger partial charge in [-0.25, -0.2) is 4.79 Å². The van der Waals surface area contributed by atoms with Crippen LogP contribution in [0, 0.1) is 17.0 Å². The molecule has 17 heavy (non-hydrogen) atoms. The van der Waals surface area contributed by atoms with Crippen molar-refractivity contribution in [2.45, 2.75) is 13.0 Å². The van der Waals surface area contributed by atoms with Crippen molar-refractivity contribution in [3.63, 3.8) is 0 Å². The monoisotopic (exact) mass is 237 g/mol. The van der Waals surface area contributed by atoms with E-state index in [1.807, 2.05) is 0 Å². The maximum absolute atomic E-state index is 11.6. The van der Waals surface area contributed by atoms with Crippen molar-refractivity contribution < 1.29 is 19.2 Å². The highest BCUT2D eigenvalue weighted by molar-refractivity contribution is 5.91. The standard InChI is InChI=1S/C11H11NO5/c1-7-4-8(12(14)15)2-3-10(7)11(13)17-6-9-5-16-9/h2-4,9H,5-6H2,1H3/t9-/m1/s1. The van der Waals surface area contributed by atoms with E-state index < -0.39 is 10.9 Å². The number of benzene rings is 1. The number of hydrogen-bond acceptors (Lipinski definition) is 5. The summed E-state index contributed by atoms with van der Waals surface area (Å²) in [4.78, 5) is 21.7. The molecule has 1 aromatic rings. The van der Waals surface area contributed by atoms with E-state index in [1.54, 1.807) is 6.92 Å². The van der Waals surface area contributed by atoms with Crippen molar-refractivity contribution in [1.29, 1.82) is 0 Å². The number of non-ortho nitro benzene ring substituents is 1. The lowest BCUT2D eigenvalue weighted by Crippen LogP contribution is -2.11. The van der Waals surface area contributed by atoms with E-state index in [9.17, 15) is 14.9 Å². The first-order valence-corrected chi connectivity index (χ1v) is 5.11. The fourth-order valence-electron chi connectivity index (χ4n) is 1.40. The largest absolute Gasteiger partial charge is 0.459 e. The molecule has 0 aliphatic carbocycles. The van der Waals surface area contributed by atoms with Crippen LogP contribution in [0.4, 0.5) is 5.69 Å². The predicted octanol–water partition coefficient (Wildman–Crippen LogP) is 1.46. The maximum atomic E-state index is 11.6. The van der Waals surface area contributed by atoms with Crippen molar-refractivity contribution in [3.05, 3.63) is 39.4 Å². The number of aryl methyl sites for hydroxylation is 1. The lowest BCUT2D eigenvalue weighted by molar-refractivity contribution is -0.384. The average Bonchev–Trinajstić information content (AvgIpc) is 3.09. The van der Waals surface area contributed by atoms with E-state index in [4.69, 9.17) is 9.47 Å². The van der Waals surface area contributed by atoms with Crippen LogP contribution < -0.4 is 0 Å². The van der Waals surface area contributed by atoms with E-state index in [0.717, 1.165) is 0 Å². The van der Waals surface area contributed by atoms with E-state index >= 15 is 0 Å². The minimum absolute atomic E-state index is 0.0114. The number of nitrogens with zero attached hydrogens (tertiary/aromatic N) is 1. The zero-order valence-corrected chi connectivity index (χ0v) is 9.21. The SMILES string of the molecule is Cc1cc([N+](=O)[O-])ccc1C(=O)OC[C@H]1CO1. The summed E-state index contributed by atoms with van der Waals surface area (Å²) in [6, 6.07) is 4.05. The van der Waals surface area contributed by atoms with Gasteiger partial charge in [0.05, 0.1) is 17.1 Å². The molecule has 0 N–H and O–H groups in total. The van der Waals surface area contributed by atoms with Gasteiger partial charge in [-0.2, -0.15) is 0 Å². The summed E-state index contributed by atoms with van der Waals surface area (Å²) in [5.41, 5.74) is 0.835. The fourth-order valence-corrected chi connectivity index (χ4v) is 1.40. The molecule has 1 atom stereocenters. The topological polar surface area (TPSA) is 82.0 Å². The van der Waals surface area contributed by atoms with Crippen LogP contribution in [0.25, 0.3) is 0 Å². The Morgan fingerprint density at radius 1 is 1.65 bits per heavy atom. The molecule has 1 heterocycles. The van der Waals surface area contributed by atoms with Crippen molar-refractivity contribution in [3.8, 4) is 0 Å². The molecule has 1 aliphatic rings. The molecular weight excluding hydrogens is 226 g/mol. The minimum atomic E-state index is -0.500. The van der Waals surface area contributed by atoms with Gasteiger partial charge in [-0.05, 0) is 18.6 Å². The van der Waals surface area contributed by atoms with Crippen molar-refractivity contribution in [1.82, 2.24) is 0 Å². The maximum Gasteiger partial charge on any atom is 0.338 e. The van der Waals surface area contributed by atoms with Gasteiger partial charge in [0.25, 0.3) is 5.69 Å². The number of esters is 1. The molecular formula is C11H11NO5. The van der Waals surface area contributed by atoms with Crippen molar-refractivity contribution in [2.24, 2.45) is 0 Å². The van der Waals surface area contributed by atoms with Crippen molar-refractivity contribution in [2.75, 3.05) is 13.2 Å². The number of nitro groups is 1. The third kappa shape index (κ3) is 2.79. The first-order valence-electron chi connectivity index (χ1n) is 5.11. The number of hydrogen-bond donors (Lipinski definition) is 0. The van der Waals surface area contributed by atoms with Crippen LogP contribution >= 0.6 is 0 Å². The number of carbonyl (C=O) groups is 1. The second-order valence-electron chi connectivity index (χ2n) is 3.81. The van der Waals surface area contributed by atoms with Crippen LogP contribution in [0.5, 0.6) is 0 Å². The molecule has 0 saturated carbocycles. The van der Waals surface area contributed by atoms with Gasteiger partial charge >= 0.3 is 5.97 Å². The first kappa shape index (κ1) is 11.5. The summed E-state index contributed by atoms with van der Waals surface area (Å²) in [6.07, 6.45) is 0.0114. The third-order valence-electron chi connectivity index (χ3n) is 2.44. The summed E-state index contributed by atoms with van der Waals surface area (Å²) in [6.45, 7) is 2.49. The highest BCUT2D eigenvalue weighted by Crippen LogP contribution is 2.18. The molecule has 1 aromatic carbocycles. The van der Waals surface area contributed by atoms with Gasteiger partial charge in [-0.3, -0.25) is 10.1 Å². The number of carbonyl (C=O) groups excluding carboxylic acids is 1. The molecule has 0 aromatic heterocycles. The highest BCUT2D eigenvalue weighted by Gasteiger charge is 2.25. The predicted molar refractivity (Wildman–Crippen MR) is 57.9 cm³/mol. The lowest BCUT2D eigenvalue weighted by atomic mass is 10.1. The number of epoxide rings is 1. The second kappa shape index (κ2) is 4.50. The Morgan fingerprint density at radius 2 is 2.35 bits per heavy atom. The summed E-state index contributed by atoms with van der Waals surface area (Å²) < 4.78 is 9.91. The van der Waals surface area contributed by atoms with E-state index in [0.29, 0.717) is 17.7 Å². The molecule has 0 radical (unpaired) electrons. The summed E-state index contributed by atoms with van der Waals surface area (Å²) in [5, 5.41) is 10.5. The molecule has 1 fully saturated rings. The molecule has 0 unspecified atom stereocenters. The number of ether oxygens (including phenoxy) is 2. The molecule has 0 amide bonds. The molecule has 6 heteroatoms. The van der Waals surface area contributed by atoms with Gasteiger partial charge in [-0.1, -0.05) is 0 Å². The van der Waals surface area contributed by atoms with Crippen LogP contribution in [0.2, 0.25) is 0 Å². The van der Waals surface area contributed by atoms with Gasteiger partial charge in [-0.15, -0.1) is 0 Å². The molecule has 1 aliphatic heterocycles. The Balaban J connectivity index is 2.08. The molecule has 6 nitrogen and oxygen atoms in total. The Morgan fingerprint density at radius 3 is 2.88 bits per heavy atom. The highest BCUT2D eigenvalue weighted by atomic mass is 16.6. The number of nitro benzene ring substituents is 1. The van der Waals surface area contributed by atoms with Crippen LogP contribution in [0.1, 0.15) is 15.9 Å². The Labute approximate surface area is 97.3 Å². The smallest absolute Gasteiger partial charge is 0.338 e. The number of rotatable bonds is 4. The summed E-state index contributed by atoms with van der Waals surface area (Å²) >= 11 is 0. The molecule has 1 saturated heterocycles. The van der Waals surface area contributed by atoms with Crippen LogP contribution in [-0.2, 0) is 9.47 Å². The Hall–Kier alpha value is -1.95. The molecule has 0 spiro atoms. The van der Waals surface area contributed by atoms with Gasteiger partial charge < -0.3 is 9.47 Å². The van der Waals surface area contributed by atoms with Crippen molar-refractivity contribution >= 4 is 11.7 Å². The normalized spacial score (nSPS) is 17.6. The zero-order chi connectivity index (χ0) is 12.4. The summed E-state index contributed by atoms with van der Waals surface area (Å²) in [5.74, 6) is -0.479. The van der Waals surface area contributed by atoms with E-state index in [-0.39, 0.29) is 18.4 Å². The Bertz CT molecular complexity index is 467. The van der Waals surface area contributed by atoms with Crippen LogP contribution in [0.3, 0.4) is 0 Å². The molecule has 2 rings (SSSR count). The van der Waals surface area contributed by atoms with Gasteiger partial charge in [0.1, 0.15) is 12.7 Å². The average molecular weight is 237 g/mol. The van der Waals surface area contributed by atoms with E-state index in [1.165, 1.54) is 18.2 Å². The second-order valence-corrected chi connectivity index (χ2v) is 3.81. The zero-order valence-electron chi connectivity index (χ0n) is 9.21. The van der Waals surface area contributed by atoms with E-state index in [2.05, 4.69) is 0 Å². The van der Waals surface area contributed by atoms with Gasteiger partial charge in [0, 0.05) is 12.1 Å². The van der Waals surface area contributed by atoms with Crippen LogP contribution in [-0.4, -0.2) is 30.2 Å². The fraction of sp³-hybridized carbons (Fsp3) is 0.364. The minimum Gasteiger partial charge on any atom is -0.459 e. The first-order chi connectivity index (χ1) is 8.08. The molecule has 0 bridgehead atoms. The van der Waals surface area contributed by atoms with Gasteiger partial charge in [0.15, 0.2) is 0 Å².